The monoisotopic (exact) mass is 1450 g/mol. The van der Waals surface area contributed by atoms with E-state index in [9.17, 15) is 63.6 Å². The minimum absolute atomic E-state index is 0.0215. The molecule has 0 saturated carbocycles. The number of hydrogen-bond acceptors (Lipinski definition) is 24. The fourth-order valence-electron chi connectivity index (χ4n) is 11.4. The first-order valence-corrected chi connectivity index (χ1v) is 35.5. The van der Waals surface area contributed by atoms with Gasteiger partial charge >= 0.3 is 41.8 Å². The maximum absolute atomic E-state index is 12.8. The number of benzene rings is 4. The summed E-state index contributed by atoms with van der Waals surface area (Å²) in [6.07, 6.45) is 29.1. The number of allylic oxidation sites excluding steroid dienone is 5. The van der Waals surface area contributed by atoms with Gasteiger partial charge in [0.2, 0.25) is 0 Å². The van der Waals surface area contributed by atoms with Crippen LogP contribution in [0.2, 0.25) is 5.02 Å². The summed E-state index contributed by atoms with van der Waals surface area (Å²) in [5, 5.41) is 39.7. The maximum atomic E-state index is 12.8. The molecule has 0 radical (unpaired) electrons. The molecule has 0 fully saturated rings. The second-order valence-corrected chi connectivity index (χ2v) is 25.4. The molecule has 562 valence electrons. The molecule has 0 spiro atoms. The number of aromatic hydroxyl groups is 4. The molecule has 24 nitrogen and oxygen atoms in total. The van der Waals surface area contributed by atoms with Crippen molar-refractivity contribution in [3.8, 4) is 57.5 Å². The average Bonchev–Trinajstić information content (AvgIpc) is 0.788. The number of carbonyl (C=O) groups excluding carboxylic acids is 9. The molecular formula is C78H99ClO24. The third kappa shape index (κ3) is 28.6. The van der Waals surface area contributed by atoms with E-state index in [1.165, 1.54) is 60.1 Å². The summed E-state index contributed by atoms with van der Waals surface area (Å²) < 4.78 is 59.4. The molecular weight excluding hydrogens is 1360 g/mol. The largest absolute Gasteiger partial charge is 0.508 e. The van der Waals surface area contributed by atoms with Gasteiger partial charge in [-0.15, -0.1) is 0 Å². The van der Waals surface area contributed by atoms with Crippen LogP contribution in [0.5, 0.6) is 57.5 Å². The van der Waals surface area contributed by atoms with Crippen molar-refractivity contribution in [2.75, 3.05) is 40.6 Å². The van der Waals surface area contributed by atoms with E-state index in [0.717, 1.165) is 108 Å². The summed E-state index contributed by atoms with van der Waals surface area (Å²) in [6, 6.07) is 8.13. The minimum Gasteiger partial charge on any atom is -0.508 e. The number of cyclic esters (lactones) is 4. The number of hydrogen-bond donors (Lipinski definition) is 4. The quantitative estimate of drug-likeness (QED) is 0.0458. The van der Waals surface area contributed by atoms with Gasteiger partial charge in [-0.3, -0.25) is 24.0 Å². The van der Waals surface area contributed by atoms with Gasteiger partial charge in [0.25, 0.3) is 0 Å². The molecule has 8 rings (SSSR count). The number of halogens is 1. The van der Waals surface area contributed by atoms with Crippen LogP contribution in [-0.4, -0.2) is 133 Å². The Hall–Kier alpha value is -9.58. The number of phenols is 4. The first-order chi connectivity index (χ1) is 49.3. The molecule has 0 aliphatic carbocycles. The highest BCUT2D eigenvalue weighted by Gasteiger charge is 2.32. The zero-order chi connectivity index (χ0) is 75.4. The van der Waals surface area contributed by atoms with Gasteiger partial charge in [0.1, 0.15) is 80.0 Å². The lowest BCUT2D eigenvalue weighted by molar-refractivity contribution is -0.147. The number of ketones is 2. The fraction of sp³-hybridized carbons (Fsp3) is 0.500. The van der Waals surface area contributed by atoms with Crippen molar-refractivity contribution in [1.29, 1.82) is 0 Å². The van der Waals surface area contributed by atoms with Gasteiger partial charge < -0.3 is 72.5 Å². The average molecular weight is 1460 g/mol. The first kappa shape index (κ1) is 84.1. The van der Waals surface area contributed by atoms with Crippen LogP contribution < -0.4 is 28.4 Å². The number of carbonyl (C=O) groups is 9. The van der Waals surface area contributed by atoms with Crippen LogP contribution in [0.4, 0.5) is 0 Å². The molecule has 4 aromatic rings. The van der Waals surface area contributed by atoms with E-state index in [1.54, 1.807) is 25.1 Å². The third-order valence-electron chi connectivity index (χ3n) is 16.4. The van der Waals surface area contributed by atoms with Gasteiger partial charge in [-0.1, -0.05) is 54.5 Å². The van der Waals surface area contributed by atoms with E-state index in [2.05, 4.69) is 24.3 Å². The SMILES string of the molecule is CC(=O)O[C@@H]1CCCCCc2cc(O)cc(O)c2C(=O)O[C@@H](C)CCC1.COc1cc(OC(C)=O)c2c(c1C(C)=O)OCCCC/C=C\CCCOC2=O.COc1cc2c(c(OC(C)=O)c1)C(=O)OCCC/C=C\CCCCO2.C[C@H]1CCCC(=O)CCC/C=C/c2c(Cl)c(O)cc(O)c2C(=O)O1. The van der Waals surface area contributed by atoms with Crippen LogP contribution in [0, 0.1) is 0 Å². The van der Waals surface area contributed by atoms with Gasteiger partial charge in [-0.2, -0.15) is 0 Å². The smallest absolute Gasteiger partial charge is 0.345 e. The molecule has 0 saturated heterocycles. The van der Waals surface area contributed by atoms with E-state index in [1.807, 2.05) is 6.92 Å². The van der Waals surface area contributed by atoms with Crippen molar-refractivity contribution in [3.63, 3.8) is 0 Å². The summed E-state index contributed by atoms with van der Waals surface area (Å²) >= 11 is 6.09. The van der Waals surface area contributed by atoms with Gasteiger partial charge in [0.05, 0.1) is 57.9 Å². The standard InChI is InChI=1S/C21H26O7.C20H28O6.C19H24O6.C18H21ClO5/c1-14(22)18-16(25-3)13-17(28-15(2)23)19-20(18)26-11-9-7-5-4-6-8-10-12-27-21(19)24;1-13-7-6-10-17(26-14(2)21)9-5-3-4-8-15-11-16(22)12-18(23)19(15)20(24)25-13;1-14(20)25-17-13-15(22-2)12-16-18(17)19(21)24-11-9-7-5-3-4-6-8-10-23-16;1-11-6-5-8-12(20)7-3-2-4-9-13-16(18(23)24-11)14(21)10-15(22)17(13)19/h4,6,13H,5,7-12H2,1-3H3;11-13,17,22-23H,3-10H2,1-2H3;3,5,12-13H,4,6-11H2,1-2H3;4,9-11,21-22H,2-3,5-8H2,1H3/b6-4-;;5-3-;9-4+/t;13-,17+;;11-/m.0.0/s1. The summed E-state index contributed by atoms with van der Waals surface area (Å²) in [5.74, 6) is -4.16. The topological polar surface area (TPSA) is 336 Å². The lowest BCUT2D eigenvalue weighted by Crippen LogP contribution is -2.20. The predicted molar refractivity (Wildman–Crippen MR) is 382 cm³/mol. The number of fused-ring (bicyclic) bond motifs is 4. The van der Waals surface area contributed by atoms with Crippen LogP contribution in [0.1, 0.15) is 252 Å². The predicted octanol–water partition coefficient (Wildman–Crippen LogP) is 15.6. The number of Topliss-reactive ketones (excluding diaryl/α,β-unsaturated/α-hetero) is 2. The molecule has 0 aromatic heterocycles. The van der Waals surface area contributed by atoms with E-state index in [-0.39, 0.29) is 127 Å². The number of esters is 7. The molecule has 4 N–H and O–H groups in total. The Morgan fingerprint density at radius 2 is 1.01 bits per heavy atom. The van der Waals surface area contributed by atoms with Crippen LogP contribution >= 0.6 is 11.6 Å². The second kappa shape index (κ2) is 44.7. The summed E-state index contributed by atoms with van der Waals surface area (Å²) in [4.78, 5) is 108. The number of rotatable bonds is 6. The normalized spacial score (nSPS) is 19.4. The van der Waals surface area contributed by atoms with E-state index >= 15 is 0 Å². The van der Waals surface area contributed by atoms with Gasteiger partial charge in [0.15, 0.2) is 23.0 Å². The van der Waals surface area contributed by atoms with Gasteiger partial charge in [-0.25, -0.2) is 19.2 Å². The van der Waals surface area contributed by atoms with Gasteiger partial charge in [0, 0.05) is 69.5 Å². The summed E-state index contributed by atoms with van der Waals surface area (Å²) in [7, 11) is 2.88. The lowest BCUT2D eigenvalue weighted by atomic mass is 9.97. The summed E-state index contributed by atoms with van der Waals surface area (Å²) in [6.45, 7) is 10.0. The number of phenolic OH excluding ortho intramolecular Hbond substituents is 4. The van der Waals surface area contributed by atoms with E-state index in [0.29, 0.717) is 88.1 Å². The molecule has 4 heterocycles. The molecule has 4 aliphatic rings. The number of aryl methyl sites for hydroxylation is 1. The molecule has 4 aliphatic heterocycles. The Bertz CT molecular complexity index is 3640. The Kier molecular flexibility index (Phi) is 36.5. The number of methoxy groups -OCH3 is 2. The Balaban J connectivity index is 0.000000247. The lowest BCUT2D eigenvalue weighted by Gasteiger charge is -2.20. The summed E-state index contributed by atoms with van der Waals surface area (Å²) in [5.41, 5.74) is 1.05. The maximum Gasteiger partial charge on any atom is 0.345 e. The van der Waals surface area contributed by atoms with Gasteiger partial charge in [-0.05, 0) is 167 Å². The number of ether oxygens (including phenoxy) is 11. The Morgan fingerprint density at radius 1 is 0.466 bits per heavy atom. The minimum atomic E-state index is -0.711. The highest BCUT2D eigenvalue weighted by atomic mass is 35.5. The van der Waals surface area contributed by atoms with Crippen molar-refractivity contribution < 1.29 is 116 Å². The van der Waals surface area contributed by atoms with Crippen molar-refractivity contribution in [2.24, 2.45) is 0 Å². The van der Waals surface area contributed by atoms with Crippen molar-refractivity contribution >= 4 is 71.0 Å². The van der Waals surface area contributed by atoms with Crippen molar-refractivity contribution in [1.82, 2.24) is 0 Å². The zero-order valence-corrected chi connectivity index (χ0v) is 61.0. The first-order valence-electron chi connectivity index (χ1n) is 35.1. The molecule has 0 amide bonds. The fourth-order valence-corrected chi connectivity index (χ4v) is 11.6. The van der Waals surface area contributed by atoms with E-state index in [4.69, 9.17) is 63.7 Å². The van der Waals surface area contributed by atoms with Crippen molar-refractivity contribution in [3.05, 3.63) is 111 Å². The molecule has 0 unspecified atom stereocenters. The van der Waals surface area contributed by atoms with Crippen LogP contribution in [-0.2, 0) is 49.3 Å². The van der Waals surface area contributed by atoms with Crippen LogP contribution in [0.15, 0.2) is 66.8 Å². The molecule has 103 heavy (non-hydrogen) atoms. The molecule has 25 heteroatoms. The van der Waals surface area contributed by atoms with Crippen LogP contribution in [0.25, 0.3) is 6.08 Å². The zero-order valence-electron chi connectivity index (χ0n) is 60.3. The Labute approximate surface area is 606 Å². The van der Waals surface area contributed by atoms with E-state index < -0.39 is 41.9 Å². The molecule has 0 bridgehead atoms. The van der Waals surface area contributed by atoms with Crippen LogP contribution in [0.3, 0.4) is 0 Å². The highest BCUT2D eigenvalue weighted by molar-refractivity contribution is 6.34. The van der Waals surface area contributed by atoms with Crippen molar-refractivity contribution in [2.45, 2.75) is 214 Å². The molecule has 4 aromatic carbocycles. The Morgan fingerprint density at radius 3 is 1.61 bits per heavy atom. The second-order valence-electron chi connectivity index (χ2n) is 25.0. The highest BCUT2D eigenvalue weighted by Crippen LogP contribution is 2.42. The molecule has 3 atom stereocenters. The third-order valence-corrected chi connectivity index (χ3v) is 16.8.